The van der Waals surface area contributed by atoms with Crippen LogP contribution in [0.25, 0.3) is 0 Å². The van der Waals surface area contributed by atoms with E-state index in [4.69, 9.17) is 21.0 Å². The average Bonchev–Trinajstić information content (AvgIpc) is 3.67. The van der Waals surface area contributed by atoms with Gasteiger partial charge in [-0.1, -0.05) is 53.0 Å². The molecule has 3 amide bonds. The number of non-ortho nitro benzene ring substituents is 1. The van der Waals surface area contributed by atoms with E-state index in [0.29, 0.717) is 24.9 Å². The number of likely N-dealkylation sites (tertiary alicyclic amines) is 1. The first kappa shape index (κ1) is 41.0. The van der Waals surface area contributed by atoms with Crippen LogP contribution in [0, 0.1) is 10.1 Å². The summed E-state index contributed by atoms with van der Waals surface area (Å²) in [5.41, 5.74) is 9.00. The molecule has 3 aromatic rings. The van der Waals surface area contributed by atoms with Gasteiger partial charge in [0, 0.05) is 43.9 Å². The number of nitro benzene ring substituents is 1. The fourth-order valence-corrected chi connectivity index (χ4v) is 7.38. The highest BCUT2D eigenvalue weighted by molar-refractivity contribution is 7.89. The number of hydrogen-bond donors (Lipinski definition) is 4. The molecule has 18 nitrogen and oxygen atoms in total. The van der Waals surface area contributed by atoms with Gasteiger partial charge in [-0.3, -0.25) is 39.6 Å². The Bertz CT molecular complexity index is 1930. The van der Waals surface area contributed by atoms with Crippen LogP contribution in [-0.2, 0) is 45.4 Å². The molecule has 54 heavy (non-hydrogen) atoms. The predicted octanol–water partition coefficient (Wildman–Crippen LogP) is 1.82. The van der Waals surface area contributed by atoms with Gasteiger partial charge in [-0.15, -0.1) is 0 Å². The molecule has 4 rings (SSSR count). The Morgan fingerprint density at radius 2 is 1.69 bits per heavy atom. The van der Waals surface area contributed by atoms with Gasteiger partial charge in [0.05, 0.1) is 16.9 Å². The van der Waals surface area contributed by atoms with Crippen molar-refractivity contribution in [3.05, 3.63) is 101 Å². The summed E-state index contributed by atoms with van der Waals surface area (Å²) in [6.07, 6.45) is 0.319. The van der Waals surface area contributed by atoms with Crippen molar-refractivity contribution in [1.82, 2.24) is 14.7 Å². The number of nitro groups is 1. The van der Waals surface area contributed by atoms with Crippen LogP contribution in [0.15, 0.2) is 94.8 Å². The zero-order chi connectivity index (χ0) is 39.3. The second-order valence-corrected chi connectivity index (χ2v) is 13.8. The molecule has 1 aliphatic heterocycles. The first-order chi connectivity index (χ1) is 25.8. The molecule has 19 heteroatoms. The van der Waals surface area contributed by atoms with Crippen LogP contribution in [0.5, 0.6) is 0 Å². The van der Waals surface area contributed by atoms with Gasteiger partial charge in [-0.2, -0.15) is 0 Å². The fraction of sp³-hybridized carbons (Fsp3) is 0.343. The average molecular weight is 767 g/mol. The third kappa shape index (κ3) is 9.81. The number of nitrogens with two attached hydrogens (primary N) is 2. The lowest BCUT2D eigenvalue weighted by Gasteiger charge is -2.37. The van der Waals surface area contributed by atoms with Crippen molar-refractivity contribution in [2.75, 3.05) is 32.1 Å². The van der Waals surface area contributed by atoms with Gasteiger partial charge in [-0.05, 0) is 55.5 Å². The molecule has 0 bridgehead atoms. The molecule has 2 atom stereocenters. The van der Waals surface area contributed by atoms with E-state index in [1.807, 2.05) is 0 Å². The van der Waals surface area contributed by atoms with Crippen molar-refractivity contribution >= 4 is 51.0 Å². The van der Waals surface area contributed by atoms with Gasteiger partial charge in [0.15, 0.2) is 5.96 Å². The number of sulfonamides is 1. The van der Waals surface area contributed by atoms with Gasteiger partial charge in [-0.25, -0.2) is 13.2 Å². The second-order valence-electron chi connectivity index (χ2n) is 12.1. The number of rotatable bonds is 17. The molecule has 3 aromatic carbocycles. The van der Waals surface area contributed by atoms with Gasteiger partial charge >= 0.3 is 5.97 Å². The SMILES string of the molecule is CON([C@@](CCCN=C(N)NC(=O)[C@@H]1CCCN1C(=O)CCN)(C(=O)Nc1ccc([N+](=O)[O-])cc1)C(=O)OCc1ccccc1)S(=O)(=O)c1ccccc1. The maximum Gasteiger partial charge on any atom is 0.340 e. The summed E-state index contributed by atoms with van der Waals surface area (Å²) in [5.74, 6) is -3.64. The fourth-order valence-electron chi connectivity index (χ4n) is 5.84. The standard InChI is InChI=1S/C35H42N8O10S/c1-52-43(54(50,51)28-12-6-3-7-13-28)35(33(47)53-24-25-10-4-2-5-11-25,32(46)39-26-15-17-27(18-16-26)42(48)49)20-9-22-38-34(37)40-31(45)29-14-8-23-41(29)30(44)19-21-36/h2-7,10-13,15-18,29H,8-9,14,19-24,36H2,1H3,(H,39,46)(H3,37,38,40,45)/t29-,35-/m0/s1. The van der Waals surface area contributed by atoms with Crippen LogP contribution in [0.3, 0.4) is 0 Å². The molecular weight excluding hydrogens is 724 g/mol. The molecule has 1 saturated heterocycles. The van der Waals surface area contributed by atoms with Crippen molar-refractivity contribution in [3.8, 4) is 0 Å². The molecule has 1 aliphatic rings. The Balaban J connectivity index is 1.68. The van der Waals surface area contributed by atoms with Crippen molar-refractivity contribution in [2.24, 2.45) is 16.5 Å². The molecule has 6 N–H and O–H groups in total. The van der Waals surface area contributed by atoms with Crippen LogP contribution in [0.1, 0.15) is 37.7 Å². The smallest absolute Gasteiger partial charge is 0.340 e. The van der Waals surface area contributed by atoms with E-state index in [0.717, 1.165) is 19.2 Å². The number of hydroxylamine groups is 1. The number of nitrogens with one attached hydrogen (secondary N) is 2. The van der Waals surface area contributed by atoms with E-state index >= 15 is 0 Å². The van der Waals surface area contributed by atoms with E-state index in [1.165, 1.54) is 41.3 Å². The lowest BCUT2D eigenvalue weighted by Crippen LogP contribution is -2.64. The number of aliphatic imine (C=N–C) groups is 1. The molecule has 0 saturated carbocycles. The van der Waals surface area contributed by atoms with Crippen LogP contribution < -0.4 is 22.1 Å². The summed E-state index contributed by atoms with van der Waals surface area (Å²) in [7, 11) is -3.82. The van der Waals surface area contributed by atoms with Gasteiger partial charge in [0.1, 0.15) is 12.6 Å². The van der Waals surface area contributed by atoms with Gasteiger partial charge in [0.2, 0.25) is 17.4 Å². The Morgan fingerprint density at radius 3 is 2.30 bits per heavy atom. The van der Waals surface area contributed by atoms with E-state index in [9.17, 15) is 37.7 Å². The number of guanidine groups is 1. The molecule has 0 aliphatic carbocycles. The van der Waals surface area contributed by atoms with E-state index in [1.54, 1.807) is 36.4 Å². The normalized spacial score (nSPS) is 15.6. The Labute approximate surface area is 311 Å². The number of anilines is 1. The van der Waals surface area contributed by atoms with Crippen LogP contribution >= 0.6 is 0 Å². The highest BCUT2D eigenvalue weighted by atomic mass is 32.2. The summed E-state index contributed by atoms with van der Waals surface area (Å²) in [5, 5.41) is 16.2. The van der Waals surface area contributed by atoms with Crippen LogP contribution in [-0.4, -0.2) is 90.7 Å². The first-order valence-electron chi connectivity index (χ1n) is 16.9. The molecule has 1 heterocycles. The molecule has 288 valence electrons. The van der Waals surface area contributed by atoms with Crippen molar-refractivity contribution in [2.45, 2.75) is 55.2 Å². The minimum absolute atomic E-state index is 0.00475. The maximum absolute atomic E-state index is 14.4. The summed E-state index contributed by atoms with van der Waals surface area (Å²) in [4.78, 5) is 75.5. The third-order valence-corrected chi connectivity index (χ3v) is 10.2. The lowest BCUT2D eigenvalue weighted by molar-refractivity contribution is -0.384. The van der Waals surface area contributed by atoms with Crippen molar-refractivity contribution < 1.29 is 42.1 Å². The summed E-state index contributed by atoms with van der Waals surface area (Å²) in [6, 6.07) is 19.3. The number of benzene rings is 3. The minimum Gasteiger partial charge on any atom is -0.459 e. The van der Waals surface area contributed by atoms with Crippen molar-refractivity contribution in [3.63, 3.8) is 0 Å². The Kier molecular flexibility index (Phi) is 14.3. The number of amides is 3. The van der Waals surface area contributed by atoms with Crippen molar-refractivity contribution in [1.29, 1.82) is 0 Å². The number of esters is 1. The number of carbonyl (C=O) groups is 4. The Hall–Kier alpha value is -5.76. The van der Waals surface area contributed by atoms with E-state index in [2.05, 4.69) is 15.6 Å². The molecule has 0 unspecified atom stereocenters. The zero-order valence-electron chi connectivity index (χ0n) is 29.5. The zero-order valence-corrected chi connectivity index (χ0v) is 30.3. The first-order valence-corrected chi connectivity index (χ1v) is 18.3. The van der Waals surface area contributed by atoms with Crippen LogP contribution in [0.4, 0.5) is 11.4 Å². The largest absolute Gasteiger partial charge is 0.459 e. The summed E-state index contributed by atoms with van der Waals surface area (Å²) in [6.45, 7) is -0.0554. The number of carbonyl (C=O) groups excluding carboxylic acids is 4. The number of nitrogens with zero attached hydrogens (tertiary/aromatic N) is 4. The summed E-state index contributed by atoms with van der Waals surface area (Å²) >= 11 is 0. The van der Waals surface area contributed by atoms with Gasteiger partial charge < -0.3 is 26.4 Å². The second kappa shape index (κ2) is 18.8. The number of ether oxygens (including phenoxy) is 1. The molecular formula is C35H42N8O10S. The van der Waals surface area contributed by atoms with Crippen LogP contribution in [0.2, 0.25) is 0 Å². The topological polar surface area (TPSA) is 259 Å². The Morgan fingerprint density at radius 1 is 1.04 bits per heavy atom. The predicted molar refractivity (Wildman–Crippen MR) is 195 cm³/mol. The molecule has 0 radical (unpaired) electrons. The highest BCUT2D eigenvalue weighted by Crippen LogP contribution is 2.33. The summed E-state index contributed by atoms with van der Waals surface area (Å²) < 4.78 is 34.2. The molecule has 0 aromatic heterocycles. The third-order valence-electron chi connectivity index (χ3n) is 8.46. The molecule has 0 spiro atoms. The van der Waals surface area contributed by atoms with Gasteiger partial charge in [0.25, 0.3) is 21.6 Å². The number of hydrogen-bond acceptors (Lipinski definition) is 12. The highest BCUT2D eigenvalue weighted by Gasteiger charge is 2.58. The lowest BCUT2D eigenvalue weighted by atomic mass is 9.92. The maximum atomic E-state index is 14.4. The quantitative estimate of drug-likeness (QED) is 0.0292. The molecule has 1 fully saturated rings. The monoisotopic (exact) mass is 766 g/mol. The van der Waals surface area contributed by atoms with E-state index < -0.39 is 50.7 Å². The van der Waals surface area contributed by atoms with E-state index in [-0.39, 0.29) is 65.1 Å². The minimum atomic E-state index is -4.78.